The first-order valence-corrected chi connectivity index (χ1v) is 6.56. The van der Waals surface area contributed by atoms with Gasteiger partial charge in [0.05, 0.1) is 0 Å². The van der Waals surface area contributed by atoms with Crippen LogP contribution in [-0.4, -0.2) is 0 Å². The molecule has 1 atom stereocenters. The largest absolute Gasteiger partial charge is 0.485 e. The summed E-state index contributed by atoms with van der Waals surface area (Å²) in [6.07, 6.45) is 0.0288. The van der Waals surface area contributed by atoms with Crippen molar-refractivity contribution in [3.8, 4) is 5.75 Å². The number of hydrogen-bond acceptors (Lipinski definition) is 1. The van der Waals surface area contributed by atoms with Gasteiger partial charge in [-0.1, -0.05) is 54.6 Å². The van der Waals surface area contributed by atoms with Crippen LogP contribution in [0.4, 0.5) is 0 Å². The molecule has 0 radical (unpaired) electrons. The second kappa shape index (κ2) is 5.75. The summed E-state index contributed by atoms with van der Waals surface area (Å²) in [5.74, 6) is 0.892. The lowest BCUT2D eigenvalue weighted by atomic mass is 10.1. The Hall–Kier alpha value is -2.02. The normalized spacial score (nSPS) is 11.9. The lowest BCUT2D eigenvalue weighted by Gasteiger charge is -2.18. The molecular formula is C18H20O. The molecule has 0 heterocycles. The van der Waals surface area contributed by atoms with Crippen LogP contribution in [0.5, 0.6) is 5.75 Å². The minimum Gasteiger partial charge on any atom is -0.485 e. The van der Waals surface area contributed by atoms with Crippen LogP contribution in [0.25, 0.3) is 5.57 Å². The Morgan fingerprint density at radius 3 is 2.32 bits per heavy atom. The second-order valence-corrected chi connectivity index (χ2v) is 4.95. The molecule has 0 aliphatic heterocycles. The highest BCUT2D eigenvalue weighted by Crippen LogP contribution is 2.29. The van der Waals surface area contributed by atoms with Crippen LogP contribution in [-0.2, 0) is 0 Å². The highest BCUT2D eigenvalue weighted by molar-refractivity contribution is 5.67. The molecule has 0 amide bonds. The van der Waals surface area contributed by atoms with Crippen molar-refractivity contribution in [1.82, 2.24) is 0 Å². The van der Waals surface area contributed by atoms with Crippen molar-refractivity contribution in [2.45, 2.75) is 26.9 Å². The Balaban J connectivity index is 2.21. The Labute approximate surface area is 115 Å². The number of hydrogen-bond donors (Lipinski definition) is 0. The van der Waals surface area contributed by atoms with Crippen LogP contribution in [0.2, 0.25) is 0 Å². The van der Waals surface area contributed by atoms with Gasteiger partial charge in [0.1, 0.15) is 11.9 Å². The molecule has 0 spiro atoms. The fourth-order valence-electron chi connectivity index (χ4n) is 2.02. The average molecular weight is 252 g/mol. The van der Waals surface area contributed by atoms with Gasteiger partial charge in [-0.2, -0.15) is 0 Å². The number of para-hydroxylation sites is 1. The summed E-state index contributed by atoms with van der Waals surface area (Å²) >= 11 is 0. The topological polar surface area (TPSA) is 9.23 Å². The number of allylic oxidation sites excluding steroid dienone is 1. The molecule has 0 aromatic heterocycles. The number of aryl methyl sites for hydroxylation is 1. The summed E-state index contributed by atoms with van der Waals surface area (Å²) in [5.41, 5.74) is 4.54. The quantitative estimate of drug-likeness (QED) is 0.729. The van der Waals surface area contributed by atoms with Crippen molar-refractivity contribution in [3.05, 3.63) is 71.8 Å². The Morgan fingerprint density at radius 2 is 1.68 bits per heavy atom. The van der Waals surface area contributed by atoms with Gasteiger partial charge in [0.15, 0.2) is 0 Å². The zero-order valence-electron chi connectivity index (χ0n) is 11.8. The summed E-state index contributed by atoms with van der Waals surface area (Å²) in [6, 6.07) is 16.5. The minimum atomic E-state index is 0.0288. The van der Waals surface area contributed by atoms with Crippen molar-refractivity contribution >= 4 is 5.57 Å². The van der Waals surface area contributed by atoms with Crippen LogP contribution in [0.3, 0.4) is 0 Å². The van der Waals surface area contributed by atoms with Crippen LogP contribution in [0, 0.1) is 6.92 Å². The van der Waals surface area contributed by atoms with E-state index in [1.807, 2.05) is 31.2 Å². The summed E-state index contributed by atoms with van der Waals surface area (Å²) in [7, 11) is 0. The second-order valence-electron chi connectivity index (χ2n) is 4.95. The fourth-order valence-corrected chi connectivity index (χ4v) is 2.02. The Kier molecular flexibility index (Phi) is 4.06. The van der Waals surface area contributed by atoms with Crippen LogP contribution in [0.1, 0.15) is 36.6 Å². The van der Waals surface area contributed by atoms with Gasteiger partial charge in [-0.25, -0.2) is 0 Å². The van der Waals surface area contributed by atoms with Gasteiger partial charge < -0.3 is 4.74 Å². The zero-order valence-corrected chi connectivity index (χ0v) is 11.8. The SMILES string of the molecule is C=C(C)c1ccccc1OC(C)c1ccc(C)cc1. The maximum absolute atomic E-state index is 6.07. The summed E-state index contributed by atoms with van der Waals surface area (Å²) < 4.78 is 6.07. The summed E-state index contributed by atoms with van der Waals surface area (Å²) in [6.45, 7) is 10.2. The molecule has 0 aliphatic carbocycles. The predicted molar refractivity (Wildman–Crippen MR) is 81.4 cm³/mol. The van der Waals surface area contributed by atoms with E-state index in [4.69, 9.17) is 4.74 Å². The molecule has 1 nitrogen and oxygen atoms in total. The van der Waals surface area contributed by atoms with Crippen molar-refractivity contribution < 1.29 is 4.74 Å². The fraction of sp³-hybridized carbons (Fsp3) is 0.222. The van der Waals surface area contributed by atoms with Crippen molar-refractivity contribution in [3.63, 3.8) is 0 Å². The average Bonchev–Trinajstić information content (AvgIpc) is 2.39. The predicted octanol–water partition coefficient (Wildman–Crippen LogP) is 5.17. The molecule has 2 aromatic carbocycles. The van der Waals surface area contributed by atoms with Gasteiger partial charge in [0, 0.05) is 5.56 Å². The monoisotopic (exact) mass is 252 g/mol. The smallest absolute Gasteiger partial charge is 0.127 e. The first kappa shape index (κ1) is 13.4. The highest BCUT2D eigenvalue weighted by Gasteiger charge is 2.10. The molecule has 0 aliphatic rings. The number of benzene rings is 2. The molecule has 2 rings (SSSR count). The van der Waals surface area contributed by atoms with Gasteiger partial charge in [-0.3, -0.25) is 0 Å². The van der Waals surface area contributed by atoms with E-state index in [1.54, 1.807) is 0 Å². The standard InChI is InChI=1S/C18H20O/c1-13(2)17-7-5-6-8-18(17)19-15(4)16-11-9-14(3)10-12-16/h5-12,15H,1H2,2-4H3. The third-order valence-electron chi connectivity index (χ3n) is 3.20. The van der Waals surface area contributed by atoms with Crippen LogP contribution in [0.15, 0.2) is 55.1 Å². The van der Waals surface area contributed by atoms with Crippen LogP contribution < -0.4 is 4.74 Å². The molecule has 0 saturated carbocycles. The molecular weight excluding hydrogens is 232 g/mol. The summed E-state index contributed by atoms with van der Waals surface area (Å²) in [5, 5.41) is 0. The maximum atomic E-state index is 6.07. The van der Waals surface area contributed by atoms with Gasteiger partial charge in [0.2, 0.25) is 0 Å². The van der Waals surface area contributed by atoms with Gasteiger partial charge in [-0.15, -0.1) is 0 Å². The third-order valence-corrected chi connectivity index (χ3v) is 3.20. The molecule has 0 N–H and O–H groups in total. The Morgan fingerprint density at radius 1 is 1.05 bits per heavy atom. The molecule has 98 valence electrons. The van der Waals surface area contributed by atoms with E-state index in [0.717, 1.165) is 16.9 Å². The molecule has 0 saturated heterocycles. The third kappa shape index (κ3) is 3.25. The van der Waals surface area contributed by atoms with Crippen molar-refractivity contribution in [2.24, 2.45) is 0 Å². The molecule has 2 aromatic rings. The molecule has 0 bridgehead atoms. The van der Waals surface area contributed by atoms with Crippen molar-refractivity contribution in [2.75, 3.05) is 0 Å². The first-order valence-electron chi connectivity index (χ1n) is 6.56. The van der Waals surface area contributed by atoms with Crippen LogP contribution >= 0.6 is 0 Å². The number of ether oxygens (including phenoxy) is 1. The van der Waals surface area contributed by atoms with Gasteiger partial charge >= 0.3 is 0 Å². The number of rotatable bonds is 4. The van der Waals surface area contributed by atoms with E-state index in [-0.39, 0.29) is 6.10 Å². The minimum absolute atomic E-state index is 0.0288. The van der Waals surface area contributed by atoms with E-state index in [1.165, 1.54) is 11.1 Å². The van der Waals surface area contributed by atoms with Gasteiger partial charge in [-0.05, 0) is 38.0 Å². The van der Waals surface area contributed by atoms with E-state index in [0.29, 0.717) is 0 Å². The zero-order chi connectivity index (χ0) is 13.8. The lowest BCUT2D eigenvalue weighted by Crippen LogP contribution is -2.04. The van der Waals surface area contributed by atoms with E-state index >= 15 is 0 Å². The molecule has 19 heavy (non-hydrogen) atoms. The maximum Gasteiger partial charge on any atom is 0.127 e. The molecule has 0 fully saturated rings. The van der Waals surface area contributed by atoms with Crippen molar-refractivity contribution in [1.29, 1.82) is 0 Å². The molecule has 1 heteroatoms. The van der Waals surface area contributed by atoms with E-state index in [2.05, 4.69) is 44.7 Å². The highest BCUT2D eigenvalue weighted by atomic mass is 16.5. The lowest BCUT2D eigenvalue weighted by molar-refractivity contribution is 0.226. The summed E-state index contributed by atoms with van der Waals surface area (Å²) in [4.78, 5) is 0. The van der Waals surface area contributed by atoms with E-state index < -0.39 is 0 Å². The molecule has 1 unspecified atom stereocenters. The first-order chi connectivity index (χ1) is 9.08. The Bertz CT molecular complexity index is 566. The van der Waals surface area contributed by atoms with Gasteiger partial charge in [0.25, 0.3) is 0 Å². The van der Waals surface area contributed by atoms with E-state index in [9.17, 15) is 0 Å².